The van der Waals surface area contributed by atoms with Crippen LogP contribution in [0.5, 0.6) is 0 Å². The van der Waals surface area contributed by atoms with Gasteiger partial charge in [-0.25, -0.2) is 9.97 Å². The molecule has 1 rings (SSSR count). The summed E-state index contributed by atoms with van der Waals surface area (Å²) in [6, 6.07) is 0. The Bertz CT molecular complexity index is 627. The van der Waals surface area contributed by atoms with E-state index in [0.29, 0.717) is 0 Å². The zero-order valence-corrected chi connectivity index (χ0v) is 29.3. The molecule has 1 aromatic heterocycles. The third kappa shape index (κ3) is 23.5. The minimum Gasteiger partial charge on any atom is -0.241 e. The Morgan fingerprint density at radius 1 is 0.310 bits per heavy atom. The zero-order valence-electron chi connectivity index (χ0n) is 29.3. The van der Waals surface area contributed by atoms with E-state index < -0.39 is 0 Å². The number of hydrogen-bond donors (Lipinski definition) is 0. The Labute approximate surface area is 265 Å². The molecule has 0 spiro atoms. The summed E-state index contributed by atoms with van der Waals surface area (Å²) >= 11 is 0. The Morgan fingerprint density at radius 2 is 0.548 bits per heavy atom. The van der Waals surface area contributed by atoms with Gasteiger partial charge in [0.25, 0.3) is 0 Å². The SMILES string of the molecule is CCCCCCCCCCCCc1ncnc(CCCCCCCCCCCC)c1CCCCCCCCCCCC. The van der Waals surface area contributed by atoms with Crippen molar-refractivity contribution in [3.05, 3.63) is 23.3 Å². The first-order valence-corrected chi connectivity index (χ1v) is 19.6. The molecule has 0 aliphatic carbocycles. The van der Waals surface area contributed by atoms with Crippen LogP contribution in [-0.4, -0.2) is 9.97 Å². The highest BCUT2D eigenvalue weighted by Gasteiger charge is 2.11. The van der Waals surface area contributed by atoms with Gasteiger partial charge >= 0.3 is 0 Å². The molecule has 0 aliphatic heterocycles. The number of rotatable bonds is 33. The fourth-order valence-corrected chi connectivity index (χ4v) is 6.56. The molecule has 0 saturated carbocycles. The lowest BCUT2D eigenvalue weighted by Crippen LogP contribution is -2.07. The van der Waals surface area contributed by atoms with Crippen LogP contribution in [0.15, 0.2) is 6.33 Å². The van der Waals surface area contributed by atoms with Gasteiger partial charge in [0, 0.05) is 11.4 Å². The van der Waals surface area contributed by atoms with Crippen LogP contribution in [0.4, 0.5) is 0 Å². The number of hydrogen-bond acceptors (Lipinski definition) is 2. The lowest BCUT2D eigenvalue weighted by molar-refractivity contribution is 0.548. The van der Waals surface area contributed by atoms with Gasteiger partial charge in [-0.1, -0.05) is 194 Å². The summed E-state index contributed by atoms with van der Waals surface area (Å²) in [5, 5.41) is 0. The maximum Gasteiger partial charge on any atom is 0.115 e. The van der Waals surface area contributed by atoms with Gasteiger partial charge in [-0.15, -0.1) is 0 Å². The van der Waals surface area contributed by atoms with E-state index in [1.165, 1.54) is 210 Å². The molecule has 0 bridgehead atoms. The highest BCUT2D eigenvalue weighted by Crippen LogP contribution is 2.21. The van der Waals surface area contributed by atoms with Crippen molar-refractivity contribution in [3.8, 4) is 0 Å². The molecule has 0 fully saturated rings. The van der Waals surface area contributed by atoms with Gasteiger partial charge in [-0.2, -0.15) is 0 Å². The fourth-order valence-electron chi connectivity index (χ4n) is 6.56. The normalized spacial score (nSPS) is 11.5. The Hall–Kier alpha value is -0.920. The molecular weight excluding hydrogens is 508 g/mol. The van der Waals surface area contributed by atoms with E-state index >= 15 is 0 Å². The maximum atomic E-state index is 4.87. The summed E-state index contributed by atoms with van der Waals surface area (Å²) < 4.78 is 0. The molecule has 42 heavy (non-hydrogen) atoms. The molecule has 0 N–H and O–H groups in total. The third-order valence-corrected chi connectivity index (χ3v) is 9.44. The molecule has 2 nitrogen and oxygen atoms in total. The van der Waals surface area contributed by atoms with E-state index in [1.807, 2.05) is 6.33 Å². The minimum absolute atomic E-state index is 1.16. The summed E-state index contributed by atoms with van der Waals surface area (Å²) in [6.07, 6.45) is 47.5. The summed E-state index contributed by atoms with van der Waals surface area (Å²) in [5.74, 6) is 0. The smallest absolute Gasteiger partial charge is 0.115 e. The number of nitrogens with zero attached hydrogens (tertiary/aromatic N) is 2. The minimum atomic E-state index is 1.16. The van der Waals surface area contributed by atoms with Crippen molar-refractivity contribution in [1.29, 1.82) is 0 Å². The second kappa shape index (κ2) is 31.5. The first-order valence-electron chi connectivity index (χ1n) is 19.6. The fraction of sp³-hybridized carbons (Fsp3) is 0.900. The molecule has 0 saturated heterocycles. The molecule has 0 unspecified atom stereocenters. The average molecular weight is 585 g/mol. The highest BCUT2D eigenvalue weighted by atomic mass is 14.8. The average Bonchev–Trinajstić information content (AvgIpc) is 3.00. The molecule has 0 aromatic carbocycles. The van der Waals surface area contributed by atoms with Crippen LogP contribution in [0.3, 0.4) is 0 Å². The van der Waals surface area contributed by atoms with Crippen molar-refractivity contribution in [2.24, 2.45) is 0 Å². The van der Waals surface area contributed by atoms with E-state index in [2.05, 4.69) is 20.8 Å². The molecule has 2 heteroatoms. The van der Waals surface area contributed by atoms with Crippen molar-refractivity contribution < 1.29 is 0 Å². The predicted molar refractivity (Wildman–Crippen MR) is 189 cm³/mol. The second-order valence-electron chi connectivity index (χ2n) is 13.5. The summed E-state index contributed by atoms with van der Waals surface area (Å²) in [5.41, 5.74) is 4.33. The molecule has 0 amide bonds. The van der Waals surface area contributed by atoms with E-state index in [4.69, 9.17) is 9.97 Å². The van der Waals surface area contributed by atoms with Crippen molar-refractivity contribution >= 4 is 0 Å². The lowest BCUT2D eigenvalue weighted by atomic mass is 9.96. The van der Waals surface area contributed by atoms with Crippen LogP contribution in [0, 0.1) is 0 Å². The second-order valence-corrected chi connectivity index (χ2v) is 13.5. The lowest BCUT2D eigenvalue weighted by Gasteiger charge is -2.14. The molecule has 1 aromatic rings. The predicted octanol–water partition coefficient (Wildman–Crippen LogP) is 13.9. The molecule has 0 atom stereocenters. The summed E-state index contributed by atoms with van der Waals surface area (Å²) in [4.78, 5) is 9.73. The van der Waals surface area contributed by atoms with Crippen LogP contribution < -0.4 is 0 Å². The Kier molecular flexibility index (Phi) is 29.3. The van der Waals surface area contributed by atoms with Crippen molar-refractivity contribution in [1.82, 2.24) is 9.97 Å². The third-order valence-electron chi connectivity index (χ3n) is 9.44. The monoisotopic (exact) mass is 585 g/mol. The standard InChI is InChI=1S/C40H76N2/c1-4-7-10-13-16-19-22-25-28-31-34-38-39(35-32-29-26-23-20-17-14-11-8-5-2)41-37-42-40(38)36-33-30-27-24-21-18-15-12-9-6-3/h37H,4-36H2,1-3H3. The van der Waals surface area contributed by atoms with Crippen molar-refractivity contribution in [2.45, 2.75) is 233 Å². The van der Waals surface area contributed by atoms with E-state index in [1.54, 1.807) is 5.56 Å². The number of unbranched alkanes of at least 4 members (excludes halogenated alkanes) is 27. The van der Waals surface area contributed by atoms with E-state index in [-0.39, 0.29) is 0 Å². The quantitative estimate of drug-likeness (QED) is 0.0768. The van der Waals surface area contributed by atoms with Crippen molar-refractivity contribution in [2.75, 3.05) is 0 Å². The summed E-state index contributed by atoms with van der Waals surface area (Å²) in [7, 11) is 0. The van der Waals surface area contributed by atoms with Crippen LogP contribution in [-0.2, 0) is 19.3 Å². The van der Waals surface area contributed by atoms with Crippen LogP contribution >= 0.6 is 0 Å². The highest BCUT2D eigenvalue weighted by molar-refractivity contribution is 5.25. The number of aryl methyl sites for hydroxylation is 2. The van der Waals surface area contributed by atoms with Gasteiger partial charge in [-0.05, 0) is 44.1 Å². The molecular formula is C40H76N2. The van der Waals surface area contributed by atoms with Gasteiger partial charge in [0.15, 0.2) is 0 Å². The van der Waals surface area contributed by atoms with Crippen LogP contribution in [0.25, 0.3) is 0 Å². The maximum absolute atomic E-state index is 4.87. The molecule has 0 radical (unpaired) electrons. The Balaban J connectivity index is 2.41. The molecule has 246 valence electrons. The number of aromatic nitrogens is 2. The Morgan fingerprint density at radius 3 is 0.833 bits per heavy atom. The van der Waals surface area contributed by atoms with Gasteiger partial charge in [-0.3, -0.25) is 0 Å². The van der Waals surface area contributed by atoms with E-state index in [9.17, 15) is 0 Å². The first kappa shape index (κ1) is 39.1. The van der Waals surface area contributed by atoms with Gasteiger partial charge in [0.2, 0.25) is 0 Å². The van der Waals surface area contributed by atoms with Crippen LogP contribution in [0.1, 0.15) is 230 Å². The van der Waals surface area contributed by atoms with Crippen LogP contribution in [0.2, 0.25) is 0 Å². The topological polar surface area (TPSA) is 25.8 Å². The van der Waals surface area contributed by atoms with Gasteiger partial charge < -0.3 is 0 Å². The molecule has 0 aliphatic rings. The molecule has 1 heterocycles. The largest absolute Gasteiger partial charge is 0.241 e. The van der Waals surface area contributed by atoms with Gasteiger partial charge in [0.1, 0.15) is 6.33 Å². The summed E-state index contributed by atoms with van der Waals surface area (Å²) in [6.45, 7) is 6.92. The first-order chi connectivity index (χ1) is 20.8. The van der Waals surface area contributed by atoms with E-state index in [0.717, 1.165) is 12.8 Å². The van der Waals surface area contributed by atoms with Gasteiger partial charge in [0.05, 0.1) is 0 Å². The van der Waals surface area contributed by atoms with Crippen molar-refractivity contribution in [3.63, 3.8) is 0 Å². The zero-order chi connectivity index (χ0) is 30.2.